The van der Waals surface area contributed by atoms with Crippen LogP contribution >= 0.6 is 0 Å². The molecular formula is C13H21N3. The van der Waals surface area contributed by atoms with Crippen LogP contribution in [-0.4, -0.2) is 16.3 Å². The molecule has 0 saturated heterocycles. The number of rotatable bonds is 4. The summed E-state index contributed by atoms with van der Waals surface area (Å²) >= 11 is 0. The molecule has 2 fully saturated rings. The number of hydrogen-bond acceptors (Lipinski definition) is 2. The van der Waals surface area contributed by atoms with Gasteiger partial charge in [-0.2, -0.15) is 5.10 Å². The van der Waals surface area contributed by atoms with Crippen molar-refractivity contribution in [2.75, 3.05) is 6.54 Å². The summed E-state index contributed by atoms with van der Waals surface area (Å²) in [5, 5.41) is 4.73. The first-order valence-electron chi connectivity index (χ1n) is 6.55. The van der Waals surface area contributed by atoms with Crippen molar-refractivity contribution in [2.45, 2.75) is 51.0 Å². The molecule has 0 bridgehead atoms. The van der Waals surface area contributed by atoms with E-state index in [0.717, 1.165) is 13.0 Å². The lowest BCUT2D eigenvalue weighted by molar-refractivity contribution is 0.451. The van der Waals surface area contributed by atoms with Gasteiger partial charge in [-0.1, -0.05) is 12.8 Å². The van der Waals surface area contributed by atoms with Crippen molar-refractivity contribution in [3.05, 3.63) is 18.0 Å². The van der Waals surface area contributed by atoms with E-state index in [1.165, 1.54) is 44.2 Å². The van der Waals surface area contributed by atoms with Gasteiger partial charge < -0.3 is 5.73 Å². The highest BCUT2D eigenvalue weighted by Gasteiger charge is 2.41. The highest BCUT2D eigenvalue weighted by atomic mass is 15.3. The molecule has 0 aliphatic heterocycles. The molecular weight excluding hydrogens is 198 g/mol. The second-order valence-corrected chi connectivity index (χ2v) is 5.61. The molecule has 2 aliphatic carbocycles. The lowest BCUT2D eigenvalue weighted by Crippen LogP contribution is -2.18. The summed E-state index contributed by atoms with van der Waals surface area (Å²) in [5.41, 5.74) is 7.47. The Labute approximate surface area is 97.0 Å². The van der Waals surface area contributed by atoms with Crippen LogP contribution in [0.1, 0.15) is 50.3 Å². The number of nitrogens with two attached hydrogens (primary N) is 1. The molecule has 0 spiro atoms. The lowest BCUT2D eigenvalue weighted by Gasteiger charge is -2.11. The molecule has 0 amide bonds. The zero-order chi connectivity index (χ0) is 11.0. The molecule has 0 atom stereocenters. The van der Waals surface area contributed by atoms with E-state index in [-0.39, 0.29) is 0 Å². The van der Waals surface area contributed by atoms with Crippen LogP contribution in [0.15, 0.2) is 12.3 Å². The van der Waals surface area contributed by atoms with Gasteiger partial charge in [-0.05, 0) is 50.1 Å². The predicted octanol–water partition coefficient (Wildman–Crippen LogP) is 2.28. The molecule has 2 aliphatic rings. The molecule has 3 nitrogen and oxygen atoms in total. The van der Waals surface area contributed by atoms with E-state index < -0.39 is 0 Å². The van der Waals surface area contributed by atoms with Crippen LogP contribution in [0.3, 0.4) is 0 Å². The molecule has 0 unspecified atom stereocenters. The van der Waals surface area contributed by atoms with Crippen LogP contribution in [0, 0.1) is 5.41 Å². The van der Waals surface area contributed by atoms with Gasteiger partial charge in [0.15, 0.2) is 0 Å². The van der Waals surface area contributed by atoms with Crippen LogP contribution in [0.5, 0.6) is 0 Å². The Morgan fingerprint density at radius 3 is 2.75 bits per heavy atom. The summed E-state index contributed by atoms with van der Waals surface area (Å²) in [7, 11) is 0. The van der Waals surface area contributed by atoms with E-state index in [9.17, 15) is 0 Å². The molecule has 2 saturated carbocycles. The zero-order valence-corrected chi connectivity index (χ0v) is 9.86. The summed E-state index contributed by atoms with van der Waals surface area (Å²) in [6.07, 6.45) is 11.2. The van der Waals surface area contributed by atoms with Gasteiger partial charge in [0.2, 0.25) is 0 Å². The third-order valence-electron chi connectivity index (χ3n) is 4.31. The van der Waals surface area contributed by atoms with E-state index in [1.54, 1.807) is 0 Å². The van der Waals surface area contributed by atoms with Crippen molar-refractivity contribution >= 4 is 0 Å². The Kier molecular flexibility index (Phi) is 2.51. The van der Waals surface area contributed by atoms with Crippen molar-refractivity contribution in [3.63, 3.8) is 0 Å². The zero-order valence-electron chi connectivity index (χ0n) is 9.86. The molecule has 88 valence electrons. The minimum Gasteiger partial charge on any atom is -0.330 e. The average Bonchev–Trinajstić information content (AvgIpc) is 2.72. The van der Waals surface area contributed by atoms with E-state index >= 15 is 0 Å². The van der Waals surface area contributed by atoms with Gasteiger partial charge >= 0.3 is 0 Å². The van der Waals surface area contributed by atoms with Crippen molar-refractivity contribution < 1.29 is 0 Å². The second-order valence-electron chi connectivity index (χ2n) is 5.61. The Hall–Kier alpha value is -0.830. The first-order valence-corrected chi connectivity index (χ1v) is 6.55. The van der Waals surface area contributed by atoms with Crippen LogP contribution in [0.2, 0.25) is 0 Å². The third kappa shape index (κ3) is 1.88. The van der Waals surface area contributed by atoms with Gasteiger partial charge in [0.1, 0.15) is 0 Å². The highest BCUT2D eigenvalue weighted by molar-refractivity contribution is 5.09. The first-order chi connectivity index (χ1) is 7.81. The number of nitrogens with zero attached hydrogens (tertiary/aromatic N) is 2. The van der Waals surface area contributed by atoms with E-state index in [2.05, 4.69) is 16.9 Å². The van der Waals surface area contributed by atoms with Gasteiger partial charge in [-0.25, -0.2) is 0 Å². The Morgan fingerprint density at radius 1 is 1.38 bits per heavy atom. The Bertz CT molecular complexity index is 359. The fraction of sp³-hybridized carbons (Fsp3) is 0.769. The molecule has 3 heteroatoms. The van der Waals surface area contributed by atoms with Gasteiger partial charge in [0.05, 0.1) is 11.7 Å². The minimum atomic E-state index is 0.412. The quantitative estimate of drug-likeness (QED) is 0.844. The van der Waals surface area contributed by atoms with Crippen molar-refractivity contribution in [3.8, 4) is 0 Å². The molecule has 3 rings (SSSR count). The molecule has 1 heterocycles. The number of hydrogen-bond donors (Lipinski definition) is 1. The minimum absolute atomic E-state index is 0.412. The van der Waals surface area contributed by atoms with Crippen LogP contribution in [0.4, 0.5) is 0 Å². The summed E-state index contributed by atoms with van der Waals surface area (Å²) in [5.74, 6) is 0. The molecule has 0 radical (unpaired) electrons. The normalized spacial score (nSPS) is 23.8. The molecule has 16 heavy (non-hydrogen) atoms. The third-order valence-corrected chi connectivity index (χ3v) is 4.31. The van der Waals surface area contributed by atoms with E-state index in [1.807, 2.05) is 0 Å². The average molecular weight is 219 g/mol. The van der Waals surface area contributed by atoms with Crippen molar-refractivity contribution in [2.24, 2.45) is 11.1 Å². The van der Waals surface area contributed by atoms with E-state index in [0.29, 0.717) is 11.5 Å². The van der Waals surface area contributed by atoms with Gasteiger partial charge in [-0.3, -0.25) is 4.68 Å². The van der Waals surface area contributed by atoms with Gasteiger partial charge in [0.25, 0.3) is 0 Å². The molecule has 1 aromatic heterocycles. The van der Waals surface area contributed by atoms with E-state index in [4.69, 9.17) is 10.8 Å². The Morgan fingerprint density at radius 2 is 2.12 bits per heavy atom. The van der Waals surface area contributed by atoms with Gasteiger partial charge in [-0.15, -0.1) is 0 Å². The molecule has 1 aromatic rings. The molecule has 2 N–H and O–H groups in total. The van der Waals surface area contributed by atoms with Crippen LogP contribution in [-0.2, 0) is 6.42 Å². The summed E-state index contributed by atoms with van der Waals surface area (Å²) in [6.45, 7) is 0.823. The SMILES string of the molecule is NCC1(Cc2ccn(C3CCCC3)n2)CC1. The molecule has 0 aromatic carbocycles. The van der Waals surface area contributed by atoms with Gasteiger partial charge in [0, 0.05) is 6.20 Å². The fourth-order valence-corrected chi connectivity index (χ4v) is 2.86. The summed E-state index contributed by atoms with van der Waals surface area (Å²) in [4.78, 5) is 0. The maximum Gasteiger partial charge on any atom is 0.0630 e. The lowest BCUT2D eigenvalue weighted by atomic mass is 10.0. The fourth-order valence-electron chi connectivity index (χ4n) is 2.86. The monoisotopic (exact) mass is 219 g/mol. The summed E-state index contributed by atoms with van der Waals surface area (Å²) in [6, 6.07) is 2.86. The Balaban J connectivity index is 1.68. The maximum atomic E-state index is 5.81. The van der Waals surface area contributed by atoms with Crippen molar-refractivity contribution in [1.82, 2.24) is 9.78 Å². The van der Waals surface area contributed by atoms with Crippen LogP contribution in [0.25, 0.3) is 0 Å². The largest absolute Gasteiger partial charge is 0.330 e. The standard InChI is InChI=1S/C13H21N3/c14-10-13(6-7-13)9-11-5-8-16(15-11)12-3-1-2-4-12/h5,8,12H,1-4,6-7,9-10,14H2. The maximum absolute atomic E-state index is 5.81. The number of aromatic nitrogens is 2. The second kappa shape index (κ2) is 3.88. The van der Waals surface area contributed by atoms with Crippen molar-refractivity contribution in [1.29, 1.82) is 0 Å². The highest BCUT2D eigenvalue weighted by Crippen LogP contribution is 2.47. The smallest absolute Gasteiger partial charge is 0.0630 e. The topological polar surface area (TPSA) is 43.8 Å². The first kappa shape index (κ1) is 10.3. The summed E-state index contributed by atoms with van der Waals surface area (Å²) < 4.78 is 2.19. The predicted molar refractivity (Wildman–Crippen MR) is 64.2 cm³/mol. The van der Waals surface area contributed by atoms with Crippen LogP contribution < -0.4 is 5.73 Å².